The van der Waals surface area contributed by atoms with Crippen molar-refractivity contribution >= 4 is 82.4 Å². The Labute approximate surface area is 307 Å². The minimum atomic E-state index is -4.50. The van der Waals surface area contributed by atoms with E-state index >= 15 is 0 Å². The number of urea groups is 1. The Balaban J connectivity index is 1.14. The second-order valence-electron chi connectivity index (χ2n) is 12.3. The molecule has 0 spiro atoms. The molecule has 0 fully saturated rings. The highest BCUT2D eigenvalue weighted by atomic mass is 32.2. The second-order valence-corrected chi connectivity index (χ2v) is 15.1. The molecule has 0 bridgehead atoms. The standard InChI is InChI=1S/C37H30N4O11S2/c1-19-3-7-23(13-29(19)35(44)38-25-11-21-5-9-27(53(47,48)49)17-31(21)33(42)15-25)40-37(46)41-24-8-4-20(2)30(14-24)36(45)39-26-12-22-6-10-28(54(50,51)52)18-32(22)34(43)16-26/h3-18,42-43H,1-2H3,(H,38,44)(H,39,45)(H2,40,41,46)(H,47,48,49)(H,50,51,52). The van der Waals surface area contributed by atoms with Crippen LogP contribution in [0.5, 0.6) is 11.5 Å². The summed E-state index contributed by atoms with van der Waals surface area (Å²) in [6, 6.07) is 21.4. The van der Waals surface area contributed by atoms with Crippen LogP contribution in [0.25, 0.3) is 21.5 Å². The summed E-state index contributed by atoms with van der Waals surface area (Å²) in [4.78, 5) is 38.8. The Bertz CT molecular complexity index is 2600. The fraction of sp³-hybridized carbons (Fsp3) is 0.0541. The van der Waals surface area contributed by atoms with E-state index in [1.54, 1.807) is 38.1 Å². The molecule has 0 aromatic heterocycles. The Kier molecular flexibility index (Phi) is 9.74. The summed E-state index contributed by atoms with van der Waals surface area (Å²) in [7, 11) is -8.99. The van der Waals surface area contributed by atoms with Crippen molar-refractivity contribution in [3.63, 3.8) is 0 Å². The number of carbonyl (C=O) groups is 3. The van der Waals surface area contributed by atoms with Crippen LogP contribution in [0.15, 0.2) is 107 Å². The van der Waals surface area contributed by atoms with Gasteiger partial charge in [0.1, 0.15) is 11.5 Å². The summed E-state index contributed by atoms with van der Waals surface area (Å²) in [6.07, 6.45) is 0. The molecule has 6 aromatic rings. The lowest BCUT2D eigenvalue weighted by Crippen LogP contribution is -2.21. The van der Waals surface area contributed by atoms with Crippen LogP contribution >= 0.6 is 0 Å². The van der Waals surface area contributed by atoms with Gasteiger partial charge in [-0.3, -0.25) is 18.7 Å². The van der Waals surface area contributed by atoms with Gasteiger partial charge < -0.3 is 31.5 Å². The first-order chi connectivity index (χ1) is 25.3. The zero-order chi connectivity index (χ0) is 39.1. The summed E-state index contributed by atoms with van der Waals surface area (Å²) >= 11 is 0. The van der Waals surface area contributed by atoms with Gasteiger partial charge >= 0.3 is 6.03 Å². The number of hydrogen-bond donors (Lipinski definition) is 8. The monoisotopic (exact) mass is 770 g/mol. The van der Waals surface area contributed by atoms with E-state index in [0.29, 0.717) is 21.9 Å². The van der Waals surface area contributed by atoms with Crippen LogP contribution in [-0.2, 0) is 20.2 Å². The van der Waals surface area contributed by atoms with Crippen molar-refractivity contribution in [2.75, 3.05) is 21.3 Å². The van der Waals surface area contributed by atoms with Crippen LogP contribution in [0.3, 0.4) is 0 Å². The maximum atomic E-state index is 13.3. The van der Waals surface area contributed by atoms with E-state index in [0.717, 1.165) is 24.3 Å². The molecule has 0 atom stereocenters. The van der Waals surface area contributed by atoms with Crippen molar-refractivity contribution in [1.29, 1.82) is 0 Å². The number of nitrogens with one attached hydrogen (secondary N) is 4. The third-order valence-corrected chi connectivity index (χ3v) is 10.1. The number of amides is 4. The lowest BCUT2D eigenvalue weighted by Gasteiger charge is -2.14. The first-order valence-corrected chi connectivity index (χ1v) is 18.6. The van der Waals surface area contributed by atoms with E-state index in [1.807, 2.05) is 0 Å². The SMILES string of the molecule is Cc1ccc(NC(=O)Nc2ccc(C)c(C(=O)Nc3cc(O)c4cc(S(=O)(=O)O)ccc4c3)c2)cc1C(=O)Nc1cc(O)c2cc(S(=O)(=O)O)ccc2c1. The molecule has 17 heteroatoms. The fourth-order valence-electron chi connectivity index (χ4n) is 5.68. The summed E-state index contributed by atoms with van der Waals surface area (Å²) < 4.78 is 64.6. The van der Waals surface area contributed by atoms with E-state index in [9.17, 15) is 50.5 Å². The van der Waals surface area contributed by atoms with E-state index in [4.69, 9.17) is 0 Å². The van der Waals surface area contributed by atoms with Gasteiger partial charge in [-0.25, -0.2) is 4.79 Å². The third-order valence-electron chi connectivity index (χ3n) is 8.40. The minimum Gasteiger partial charge on any atom is -0.507 e. The molecule has 6 aromatic carbocycles. The molecule has 0 saturated carbocycles. The zero-order valence-corrected chi connectivity index (χ0v) is 29.8. The van der Waals surface area contributed by atoms with Crippen LogP contribution in [0.1, 0.15) is 31.8 Å². The highest BCUT2D eigenvalue weighted by Crippen LogP contribution is 2.33. The molecule has 54 heavy (non-hydrogen) atoms. The number of fused-ring (bicyclic) bond motifs is 2. The molecule has 15 nitrogen and oxygen atoms in total. The predicted molar refractivity (Wildman–Crippen MR) is 202 cm³/mol. The summed E-state index contributed by atoms with van der Waals surface area (Å²) in [5, 5.41) is 32.7. The molecule has 0 aliphatic heterocycles. The van der Waals surface area contributed by atoms with E-state index in [-0.39, 0.29) is 56.1 Å². The molecule has 0 saturated heterocycles. The number of aromatic hydroxyl groups is 2. The molecular weight excluding hydrogens is 741 g/mol. The molecule has 4 amide bonds. The van der Waals surface area contributed by atoms with Crippen molar-refractivity contribution in [3.8, 4) is 11.5 Å². The number of anilines is 4. The normalized spacial score (nSPS) is 11.6. The molecule has 6 rings (SSSR count). The molecule has 0 radical (unpaired) electrons. The topological polar surface area (TPSA) is 249 Å². The number of phenolic OH excluding ortho intramolecular Hbond substituents is 2. The fourth-order valence-corrected chi connectivity index (χ4v) is 6.69. The van der Waals surface area contributed by atoms with Crippen LogP contribution in [0.2, 0.25) is 0 Å². The summed E-state index contributed by atoms with van der Waals surface area (Å²) in [6.45, 7) is 3.37. The van der Waals surface area contributed by atoms with Gasteiger partial charge in [-0.2, -0.15) is 16.8 Å². The number of hydrogen-bond acceptors (Lipinski definition) is 9. The quantitative estimate of drug-likeness (QED) is 0.0760. The van der Waals surface area contributed by atoms with E-state index < -0.39 is 47.9 Å². The molecule has 0 unspecified atom stereocenters. The second kappa shape index (κ2) is 14.1. The maximum absolute atomic E-state index is 13.3. The number of carbonyl (C=O) groups excluding carboxylic acids is 3. The van der Waals surface area contributed by atoms with E-state index in [2.05, 4.69) is 21.3 Å². The molecule has 0 aliphatic rings. The smallest absolute Gasteiger partial charge is 0.323 e. The maximum Gasteiger partial charge on any atom is 0.323 e. The van der Waals surface area contributed by atoms with Gasteiger partial charge in [0.25, 0.3) is 32.1 Å². The predicted octanol–water partition coefficient (Wildman–Crippen LogP) is 6.66. The molecular formula is C37H30N4O11S2. The number of phenols is 2. The van der Waals surface area contributed by atoms with Crippen LogP contribution in [0.4, 0.5) is 27.5 Å². The number of aryl methyl sites for hydroxylation is 2. The summed E-state index contributed by atoms with van der Waals surface area (Å²) in [5.74, 6) is -1.80. The van der Waals surface area contributed by atoms with Crippen LogP contribution in [-0.4, -0.2) is 54.0 Å². The summed E-state index contributed by atoms with van der Waals surface area (Å²) in [5.41, 5.74) is 2.44. The molecule has 0 aliphatic carbocycles. The number of benzene rings is 6. The molecule has 0 heterocycles. The lowest BCUT2D eigenvalue weighted by atomic mass is 10.1. The van der Waals surface area contributed by atoms with Gasteiger partial charge in [0.2, 0.25) is 0 Å². The van der Waals surface area contributed by atoms with Gasteiger partial charge in [-0.15, -0.1) is 0 Å². The lowest BCUT2D eigenvalue weighted by molar-refractivity contribution is 0.101. The van der Waals surface area contributed by atoms with Gasteiger partial charge in [0.05, 0.1) is 9.79 Å². The minimum absolute atomic E-state index is 0.143. The van der Waals surface area contributed by atoms with Gasteiger partial charge in [-0.1, -0.05) is 24.3 Å². The largest absolute Gasteiger partial charge is 0.507 e. The molecule has 8 N–H and O–H groups in total. The Morgan fingerprint density at radius 2 is 0.870 bits per heavy atom. The zero-order valence-electron chi connectivity index (χ0n) is 28.2. The van der Waals surface area contributed by atoms with Crippen molar-refractivity contribution in [1.82, 2.24) is 0 Å². The molecule has 276 valence electrons. The van der Waals surface area contributed by atoms with Crippen LogP contribution in [0, 0.1) is 13.8 Å². The van der Waals surface area contributed by atoms with E-state index in [1.165, 1.54) is 48.5 Å². The van der Waals surface area contributed by atoms with Crippen molar-refractivity contribution < 1.29 is 50.5 Å². The van der Waals surface area contributed by atoms with Crippen molar-refractivity contribution in [3.05, 3.63) is 119 Å². The highest BCUT2D eigenvalue weighted by molar-refractivity contribution is 7.86. The Morgan fingerprint density at radius 1 is 0.481 bits per heavy atom. The van der Waals surface area contributed by atoms with Gasteiger partial charge in [-0.05, 0) is 96.4 Å². The first-order valence-electron chi connectivity index (χ1n) is 15.8. The first kappa shape index (κ1) is 37.2. The average molecular weight is 771 g/mol. The number of rotatable bonds is 8. The van der Waals surface area contributed by atoms with Gasteiger partial charge in [0, 0.05) is 56.8 Å². The van der Waals surface area contributed by atoms with Crippen molar-refractivity contribution in [2.24, 2.45) is 0 Å². The Hall–Kier alpha value is -6.53. The average Bonchev–Trinajstić information content (AvgIpc) is 3.08. The Morgan fingerprint density at radius 3 is 1.24 bits per heavy atom. The third kappa shape index (κ3) is 8.08. The van der Waals surface area contributed by atoms with Gasteiger partial charge in [0.15, 0.2) is 0 Å². The highest BCUT2D eigenvalue weighted by Gasteiger charge is 2.18. The van der Waals surface area contributed by atoms with Crippen molar-refractivity contribution in [2.45, 2.75) is 23.6 Å². The van der Waals surface area contributed by atoms with Crippen LogP contribution < -0.4 is 21.3 Å².